The summed E-state index contributed by atoms with van der Waals surface area (Å²) in [6.07, 6.45) is 6.86. The number of rotatable bonds is 4. The predicted molar refractivity (Wildman–Crippen MR) is 82.2 cm³/mol. The van der Waals surface area contributed by atoms with Crippen LogP contribution in [0.25, 0.3) is 0 Å². The van der Waals surface area contributed by atoms with Crippen molar-refractivity contribution in [2.24, 2.45) is 5.92 Å². The highest BCUT2D eigenvalue weighted by Gasteiger charge is 2.24. The molecule has 2 aromatic heterocycles. The number of oxazole rings is 1. The summed E-state index contributed by atoms with van der Waals surface area (Å²) in [7, 11) is 0. The maximum absolute atomic E-state index is 5.53. The molecule has 0 aliphatic heterocycles. The first-order valence-corrected chi connectivity index (χ1v) is 8.57. The summed E-state index contributed by atoms with van der Waals surface area (Å²) in [6.45, 7) is 6.30. The third-order valence-corrected chi connectivity index (χ3v) is 5.03. The molecular formula is C15H22N4OS. The molecule has 0 spiro atoms. The lowest BCUT2D eigenvalue weighted by Crippen LogP contribution is -2.19. The van der Waals surface area contributed by atoms with Crippen LogP contribution in [0.1, 0.15) is 56.1 Å². The highest BCUT2D eigenvalue weighted by atomic mass is 32.2. The Hall–Kier alpha value is -1.30. The molecule has 3 rings (SSSR count). The Morgan fingerprint density at radius 1 is 1.33 bits per heavy atom. The van der Waals surface area contributed by atoms with Crippen LogP contribution in [0.4, 0.5) is 0 Å². The van der Waals surface area contributed by atoms with E-state index in [9.17, 15) is 0 Å². The van der Waals surface area contributed by atoms with Crippen LogP contribution in [0, 0.1) is 19.8 Å². The molecule has 0 saturated heterocycles. The van der Waals surface area contributed by atoms with Crippen molar-refractivity contribution in [3.05, 3.63) is 23.7 Å². The average Bonchev–Trinajstić information content (AvgIpc) is 3.02. The smallest absolute Gasteiger partial charge is 0.204 e. The van der Waals surface area contributed by atoms with Crippen molar-refractivity contribution in [2.45, 2.75) is 63.4 Å². The second-order valence-corrected chi connectivity index (χ2v) is 6.92. The van der Waals surface area contributed by atoms with E-state index in [-0.39, 0.29) is 0 Å². The van der Waals surface area contributed by atoms with Crippen molar-refractivity contribution in [2.75, 3.05) is 0 Å². The predicted octanol–water partition coefficient (Wildman–Crippen LogP) is 3.93. The maximum Gasteiger partial charge on any atom is 0.204 e. The van der Waals surface area contributed by atoms with Crippen LogP contribution in [0.15, 0.2) is 15.8 Å². The van der Waals surface area contributed by atoms with Gasteiger partial charge in [-0.05, 0) is 32.6 Å². The molecule has 1 saturated carbocycles. The van der Waals surface area contributed by atoms with Gasteiger partial charge in [-0.2, -0.15) is 0 Å². The molecule has 5 nitrogen and oxygen atoms in total. The minimum Gasteiger partial charge on any atom is -0.445 e. The quantitative estimate of drug-likeness (QED) is 0.801. The van der Waals surface area contributed by atoms with E-state index in [4.69, 9.17) is 4.42 Å². The molecule has 114 valence electrons. The second-order valence-electron chi connectivity index (χ2n) is 5.98. The molecule has 2 aromatic rings. The van der Waals surface area contributed by atoms with Gasteiger partial charge in [-0.25, -0.2) is 4.98 Å². The number of nitrogens with zero attached hydrogens (tertiary/aromatic N) is 4. The van der Waals surface area contributed by atoms with Gasteiger partial charge in [0.25, 0.3) is 0 Å². The van der Waals surface area contributed by atoms with Crippen LogP contribution in [0.3, 0.4) is 0 Å². The molecule has 2 unspecified atom stereocenters. The fourth-order valence-corrected chi connectivity index (χ4v) is 4.00. The van der Waals surface area contributed by atoms with E-state index in [0.29, 0.717) is 11.8 Å². The summed E-state index contributed by atoms with van der Waals surface area (Å²) in [6, 6.07) is 0.539. The van der Waals surface area contributed by atoms with Gasteiger partial charge in [-0.3, -0.25) is 0 Å². The molecule has 1 fully saturated rings. The van der Waals surface area contributed by atoms with Crippen LogP contribution >= 0.6 is 11.8 Å². The average molecular weight is 306 g/mol. The lowest BCUT2D eigenvalue weighted by atomic mass is 9.87. The number of aromatic nitrogens is 4. The molecule has 0 amide bonds. The number of thioether (sulfide) groups is 1. The Balaban J connectivity index is 1.73. The number of hydrogen-bond acceptors (Lipinski definition) is 5. The summed E-state index contributed by atoms with van der Waals surface area (Å²) >= 11 is 1.66. The zero-order valence-corrected chi connectivity index (χ0v) is 13.7. The summed E-state index contributed by atoms with van der Waals surface area (Å²) in [4.78, 5) is 4.25. The van der Waals surface area contributed by atoms with Gasteiger partial charge in [0.2, 0.25) is 5.89 Å². The highest BCUT2D eigenvalue weighted by Crippen LogP contribution is 2.35. The monoisotopic (exact) mass is 306 g/mol. The topological polar surface area (TPSA) is 56.7 Å². The molecule has 2 heterocycles. The van der Waals surface area contributed by atoms with E-state index in [1.54, 1.807) is 18.0 Å². The highest BCUT2D eigenvalue weighted by molar-refractivity contribution is 7.98. The normalized spacial score (nSPS) is 22.6. The van der Waals surface area contributed by atoms with Gasteiger partial charge in [0.1, 0.15) is 11.6 Å². The largest absolute Gasteiger partial charge is 0.445 e. The Labute approximate surface area is 129 Å². The zero-order valence-electron chi connectivity index (χ0n) is 12.9. The van der Waals surface area contributed by atoms with E-state index in [0.717, 1.165) is 28.5 Å². The molecule has 0 bridgehead atoms. The standard InChI is InChI=1S/C15H22N4OS/c1-10-5-4-6-13(7-10)19-12(3)17-18-15(19)21-9-14-16-8-11(2)20-14/h8,10,13H,4-7,9H2,1-3H3. The van der Waals surface area contributed by atoms with E-state index >= 15 is 0 Å². The Morgan fingerprint density at radius 2 is 2.19 bits per heavy atom. The third kappa shape index (κ3) is 3.31. The first kappa shape index (κ1) is 14.6. The first-order valence-electron chi connectivity index (χ1n) is 7.59. The Kier molecular flexibility index (Phi) is 4.33. The van der Waals surface area contributed by atoms with Gasteiger partial charge in [0.15, 0.2) is 5.16 Å². The summed E-state index contributed by atoms with van der Waals surface area (Å²) in [5, 5.41) is 9.61. The minimum atomic E-state index is 0.539. The lowest BCUT2D eigenvalue weighted by Gasteiger charge is -2.29. The van der Waals surface area contributed by atoms with Gasteiger partial charge < -0.3 is 8.98 Å². The fourth-order valence-electron chi connectivity index (χ4n) is 3.10. The van der Waals surface area contributed by atoms with Crippen LogP contribution in [-0.4, -0.2) is 19.7 Å². The van der Waals surface area contributed by atoms with E-state index in [2.05, 4.69) is 26.7 Å². The summed E-state index contributed by atoms with van der Waals surface area (Å²) in [5.41, 5.74) is 0. The van der Waals surface area contributed by atoms with Crippen LogP contribution in [-0.2, 0) is 5.75 Å². The van der Waals surface area contributed by atoms with E-state index in [1.807, 2.05) is 13.8 Å². The fraction of sp³-hybridized carbons (Fsp3) is 0.667. The van der Waals surface area contributed by atoms with Crippen molar-refractivity contribution in [3.63, 3.8) is 0 Å². The zero-order chi connectivity index (χ0) is 14.8. The van der Waals surface area contributed by atoms with Crippen LogP contribution in [0.5, 0.6) is 0 Å². The van der Waals surface area contributed by atoms with Gasteiger partial charge in [0.05, 0.1) is 11.9 Å². The Bertz CT molecular complexity index is 607. The summed E-state index contributed by atoms with van der Waals surface area (Å²) in [5.74, 6) is 4.11. The Morgan fingerprint density at radius 3 is 2.90 bits per heavy atom. The molecule has 21 heavy (non-hydrogen) atoms. The molecule has 6 heteroatoms. The first-order chi connectivity index (χ1) is 10.1. The molecule has 1 aliphatic rings. The van der Waals surface area contributed by atoms with Gasteiger partial charge in [-0.15, -0.1) is 10.2 Å². The van der Waals surface area contributed by atoms with Gasteiger partial charge >= 0.3 is 0 Å². The van der Waals surface area contributed by atoms with Crippen molar-refractivity contribution in [1.82, 2.24) is 19.7 Å². The lowest BCUT2D eigenvalue weighted by molar-refractivity contribution is 0.268. The molecule has 0 aromatic carbocycles. The van der Waals surface area contributed by atoms with Crippen molar-refractivity contribution in [1.29, 1.82) is 0 Å². The number of hydrogen-bond donors (Lipinski definition) is 0. The second kappa shape index (κ2) is 6.22. The third-order valence-electron chi connectivity index (χ3n) is 4.10. The van der Waals surface area contributed by atoms with Gasteiger partial charge in [0, 0.05) is 6.04 Å². The van der Waals surface area contributed by atoms with Crippen LogP contribution < -0.4 is 0 Å². The SMILES string of the molecule is Cc1cnc(CSc2nnc(C)n2C2CCCC(C)C2)o1. The number of aryl methyl sites for hydroxylation is 2. The van der Waals surface area contributed by atoms with Gasteiger partial charge in [-0.1, -0.05) is 31.5 Å². The van der Waals surface area contributed by atoms with E-state index < -0.39 is 0 Å². The van der Waals surface area contributed by atoms with E-state index in [1.165, 1.54) is 25.7 Å². The van der Waals surface area contributed by atoms with Crippen molar-refractivity contribution in [3.8, 4) is 0 Å². The molecule has 1 aliphatic carbocycles. The van der Waals surface area contributed by atoms with Crippen molar-refractivity contribution >= 4 is 11.8 Å². The molecule has 0 radical (unpaired) electrons. The van der Waals surface area contributed by atoms with Crippen LogP contribution in [0.2, 0.25) is 0 Å². The minimum absolute atomic E-state index is 0.539. The molecule has 0 N–H and O–H groups in total. The molecule has 2 atom stereocenters. The maximum atomic E-state index is 5.53. The summed E-state index contributed by atoms with van der Waals surface area (Å²) < 4.78 is 7.84. The van der Waals surface area contributed by atoms with Crippen molar-refractivity contribution < 1.29 is 4.42 Å². The molecular weight excluding hydrogens is 284 g/mol.